The molecule has 0 amide bonds. The van der Waals surface area contributed by atoms with Crippen molar-refractivity contribution < 1.29 is 0 Å². The van der Waals surface area contributed by atoms with Crippen LogP contribution in [-0.2, 0) is 5.41 Å². The Labute approximate surface area is 116 Å². The third kappa shape index (κ3) is 2.35. The number of benzene rings is 1. The third-order valence-electron chi connectivity index (χ3n) is 3.17. The van der Waals surface area contributed by atoms with E-state index in [1.165, 1.54) is 0 Å². The number of para-hydroxylation sites is 1. The van der Waals surface area contributed by atoms with Gasteiger partial charge >= 0.3 is 0 Å². The lowest BCUT2D eigenvalue weighted by Crippen LogP contribution is -2.28. The van der Waals surface area contributed by atoms with E-state index in [1.807, 2.05) is 28.9 Å². The highest BCUT2D eigenvalue weighted by Crippen LogP contribution is 2.26. The summed E-state index contributed by atoms with van der Waals surface area (Å²) in [6.45, 7) is 6.86. The highest BCUT2D eigenvalue weighted by molar-refractivity contribution is 9.10. The molecule has 4 heteroatoms. The molecule has 0 saturated heterocycles. The summed E-state index contributed by atoms with van der Waals surface area (Å²) < 4.78 is 2.99. The van der Waals surface area contributed by atoms with Crippen LogP contribution in [0.3, 0.4) is 0 Å². The number of hydrogen-bond donors (Lipinski definition) is 1. The van der Waals surface area contributed by atoms with Crippen molar-refractivity contribution in [3.05, 3.63) is 46.2 Å². The molecular weight excluding hydrogens is 290 g/mol. The monoisotopic (exact) mass is 307 g/mol. The van der Waals surface area contributed by atoms with Crippen molar-refractivity contribution in [2.24, 2.45) is 5.73 Å². The maximum Gasteiger partial charge on any atom is 0.0790 e. The van der Waals surface area contributed by atoms with Gasteiger partial charge < -0.3 is 5.73 Å². The zero-order valence-electron chi connectivity index (χ0n) is 10.9. The van der Waals surface area contributed by atoms with Crippen LogP contribution < -0.4 is 5.73 Å². The largest absolute Gasteiger partial charge is 0.330 e. The predicted molar refractivity (Wildman–Crippen MR) is 78.1 cm³/mol. The number of aromatic nitrogens is 2. The van der Waals surface area contributed by atoms with Gasteiger partial charge in [-0.1, -0.05) is 26.0 Å². The minimum absolute atomic E-state index is 0.0999. The number of hydrogen-bond acceptors (Lipinski definition) is 2. The number of nitrogens with two attached hydrogens (primary N) is 1. The van der Waals surface area contributed by atoms with E-state index < -0.39 is 0 Å². The summed E-state index contributed by atoms with van der Waals surface area (Å²) in [6, 6.07) is 10.2. The average Bonchev–Trinajstić information content (AvgIpc) is 2.73. The third-order valence-corrected chi connectivity index (χ3v) is 3.84. The Kier molecular flexibility index (Phi) is 3.59. The number of aryl methyl sites for hydroxylation is 1. The van der Waals surface area contributed by atoms with Gasteiger partial charge in [0.05, 0.1) is 11.4 Å². The van der Waals surface area contributed by atoms with Crippen molar-refractivity contribution in [2.45, 2.75) is 26.2 Å². The molecule has 0 atom stereocenters. The van der Waals surface area contributed by atoms with E-state index in [1.54, 1.807) is 0 Å². The van der Waals surface area contributed by atoms with Gasteiger partial charge in [0, 0.05) is 22.1 Å². The van der Waals surface area contributed by atoms with Crippen molar-refractivity contribution >= 4 is 15.9 Å². The first kappa shape index (κ1) is 13.3. The zero-order valence-corrected chi connectivity index (χ0v) is 12.5. The van der Waals surface area contributed by atoms with Crippen LogP contribution in [0.15, 0.2) is 34.8 Å². The van der Waals surface area contributed by atoms with E-state index in [4.69, 9.17) is 10.8 Å². The molecule has 2 aromatic rings. The summed E-state index contributed by atoms with van der Waals surface area (Å²) in [7, 11) is 0. The van der Waals surface area contributed by atoms with E-state index in [9.17, 15) is 0 Å². The Bertz CT molecular complexity index is 558. The fourth-order valence-electron chi connectivity index (χ4n) is 1.78. The quantitative estimate of drug-likeness (QED) is 0.946. The van der Waals surface area contributed by atoms with Crippen LogP contribution in [0.25, 0.3) is 5.69 Å². The minimum atomic E-state index is -0.0999. The molecule has 2 N–H and O–H groups in total. The van der Waals surface area contributed by atoms with Gasteiger partial charge in [0.1, 0.15) is 0 Å². The molecule has 18 heavy (non-hydrogen) atoms. The summed E-state index contributed by atoms with van der Waals surface area (Å²) in [5, 5.41) is 4.69. The van der Waals surface area contributed by atoms with Crippen LogP contribution in [0.2, 0.25) is 0 Å². The lowest BCUT2D eigenvalue weighted by molar-refractivity contribution is 0.515. The van der Waals surface area contributed by atoms with E-state index >= 15 is 0 Å². The molecule has 3 nitrogen and oxygen atoms in total. The molecule has 1 heterocycles. The van der Waals surface area contributed by atoms with Gasteiger partial charge in [-0.3, -0.25) is 0 Å². The highest BCUT2D eigenvalue weighted by atomic mass is 79.9. The molecule has 1 aromatic carbocycles. The SMILES string of the molecule is Cc1cc(C(C)(C)CN)nn1-c1ccccc1Br. The van der Waals surface area contributed by atoms with Gasteiger partial charge in [-0.05, 0) is 41.1 Å². The fraction of sp³-hybridized carbons (Fsp3) is 0.357. The summed E-state index contributed by atoms with van der Waals surface area (Å²) in [4.78, 5) is 0. The van der Waals surface area contributed by atoms with Crippen LogP contribution >= 0.6 is 15.9 Å². The standard InChI is InChI=1S/C14H18BrN3/c1-10-8-13(14(2,3)9-16)17-18(10)12-7-5-4-6-11(12)15/h4-8H,9,16H2,1-3H3. The fourth-order valence-corrected chi connectivity index (χ4v) is 2.23. The normalized spacial score (nSPS) is 11.8. The molecule has 0 unspecified atom stereocenters. The first-order valence-electron chi connectivity index (χ1n) is 5.98. The number of rotatable bonds is 3. The average molecular weight is 308 g/mol. The number of halogens is 1. The molecule has 0 radical (unpaired) electrons. The maximum atomic E-state index is 5.81. The number of nitrogens with zero attached hydrogens (tertiary/aromatic N) is 2. The van der Waals surface area contributed by atoms with Gasteiger partial charge in [-0.15, -0.1) is 0 Å². The van der Waals surface area contributed by atoms with Gasteiger partial charge in [-0.2, -0.15) is 5.10 Å². The van der Waals surface area contributed by atoms with Crippen molar-refractivity contribution in [1.29, 1.82) is 0 Å². The van der Waals surface area contributed by atoms with Crippen LogP contribution in [0.4, 0.5) is 0 Å². The van der Waals surface area contributed by atoms with Crippen molar-refractivity contribution in [3.63, 3.8) is 0 Å². The van der Waals surface area contributed by atoms with Gasteiger partial charge in [0.2, 0.25) is 0 Å². The smallest absolute Gasteiger partial charge is 0.0790 e. The molecule has 0 aliphatic rings. The topological polar surface area (TPSA) is 43.8 Å². The molecular formula is C14H18BrN3. The summed E-state index contributed by atoms with van der Waals surface area (Å²) in [6.07, 6.45) is 0. The molecule has 96 valence electrons. The lowest BCUT2D eigenvalue weighted by atomic mass is 9.90. The molecule has 0 spiro atoms. The Morgan fingerprint density at radius 1 is 1.33 bits per heavy atom. The van der Waals surface area contributed by atoms with Gasteiger partial charge in [0.25, 0.3) is 0 Å². The Morgan fingerprint density at radius 3 is 2.61 bits per heavy atom. The Morgan fingerprint density at radius 2 is 2.00 bits per heavy atom. The molecule has 0 aliphatic heterocycles. The molecule has 2 rings (SSSR count). The first-order valence-corrected chi connectivity index (χ1v) is 6.77. The molecule has 0 bridgehead atoms. The second kappa shape index (κ2) is 4.86. The maximum absolute atomic E-state index is 5.81. The molecule has 0 saturated carbocycles. The predicted octanol–water partition coefficient (Wildman–Crippen LogP) is 3.18. The van der Waals surface area contributed by atoms with E-state index in [2.05, 4.69) is 42.8 Å². The Hall–Kier alpha value is -1.13. The summed E-state index contributed by atoms with van der Waals surface area (Å²) in [5.41, 5.74) is 8.89. The first-order chi connectivity index (χ1) is 8.45. The van der Waals surface area contributed by atoms with E-state index in [-0.39, 0.29) is 5.41 Å². The molecule has 1 aromatic heterocycles. The van der Waals surface area contributed by atoms with Crippen LogP contribution in [0.1, 0.15) is 25.2 Å². The van der Waals surface area contributed by atoms with Crippen LogP contribution in [0, 0.1) is 6.92 Å². The second-order valence-electron chi connectivity index (χ2n) is 5.12. The highest BCUT2D eigenvalue weighted by Gasteiger charge is 2.23. The van der Waals surface area contributed by atoms with Gasteiger partial charge in [-0.25, -0.2) is 4.68 Å². The zero-order chi connectivity index (χ0) is 13.3. The molecule has 0 aliphatic carbocycles. The van der Waals surface area contributed by atoms with Crippen LogP contribution in [-0.4, -0.2) is 16.3 Å². The van der Waals surface area contributed by atoms with Crippen molar-refractivity contribution in [1.82, 2.24) is 9.78 Å². The lowest BCUT2D eigenvalue weighted by Gasteiger charge is -2.19. The minimum Gasteiger partial charge on any atom is -0.330 e. The van der Waals surface area contributed by atoms with E-state index in [0.29, 0.717) is 6.54 Å². The van der Waals surface area contributed by atoms with E-state index in [0.717, 1.165) is 21.5 Å². The summed E-state index contributed by atoms with van der Waals surface area (Å²) >= 11 is 3.56. The second-order valence-corrected chi connectivity index (χ2v) is 5.98. The van der Waals surface area contributed by atoms with Crippen molar-refractivity contribution in [2.75, 3.05) is 6.54 Å². The molecule has 0 fully saturated rings. The van der Waals surface area contributed by atoms with Gasteiger partial charge in [0.15, 0.2) is 0 Å². The van der Waals surface area contributed by atoms with Crippen molar-refractivity contribution in [3.8, 4) is 5.69 Å². The Balaban J connectivity index is 2.52. The summed E-state index contributed by atoms with van der Waals surface area (Å²) in [5.74, 6) is 0. The van der Waals surface area contributed by atoms with Crippen LogP contribution in [0.5, 0.6) is 0 Å².